The molecule has 1 heterocycles. The minimum Gasteiger partial charge on any atom is -0.369 e. The van der Waals surface area contributed by atoms with Gasteiger partial charge in [0.05, 0.1) is 13.1 Å². The zero-order valence-corrected chi connectivity index (χ0v) is 13.7. The molecule has 2 rings (SSSR count). The smallest absolute Gasteiger partial charge is 0.234 e. The van der Waals surface area contributed by atoms with Gasteiger partial charge in [0.25, 0.3) is 0 Å². The number of primary amides is 1. The van der Waals surface area contributed by atoms with E-state index in [1.54, 1.807) is 0 Å². The molecule has 0 atom stereocenters. The van der Waals surface area contributed by atoms with Gasteiger partial charge in [-0.05, 0) is 25.5 Å². The number of piperidine rings is 1. The van der Waals surface area contributed by atoms with Gasteiger partial charge < -0.3 is 11.1 Å². The number of nitrogens with zero attached hydrogens (tertiary/aromatic N) is 2. The molecule has 0 saturated carbocycles. The Morgan fingerprint density at radius 1 is 1.26 bits per heavy atom. The van der Waals surface area contributed by atoms with E-state index in [4.69, 9.17) is 5.73 Å². The fraction of sp³-hybridized carbons (Fsp3) is 0.529. The van der Waals surface area contributed by atoms with E-state index in [-0.39, 0.29) is 17.9 Å². The van der Waals surface area contributed by atoms with E-state index in [0.29, 0.717) is 13.1 Å². The first-order valence-electron chi connectivity index (χ1n) is 8.05. The number of carbonyl (C=O) groups is 2. The van der Waals surface area contributed by atoms with Gasteiger partial charge >= 0.3 is 0 Å². The topological polar surface area (TPSA) is 78.7 Å². The van der Waals surface area contributed by atoms with Crippen molar-refractivity contribution in [2.45, 2.75) is 25.4 Å². The van der Waals surface area contributed by atoms with Crippen LogP contribution in [0.5, 0.6) is 0 Å². The van der Waals surface area contributed by atoms with Crippen LogP contribution in [-0.4, -0.2) is 60.9 Å². The normalized spacial score (nSPS) is 16.4. The number of rotatable bonds is 7. The summed E-state index contributed by atoms with van der Waals surface area (Å²) in [5.74, 6) is -0.244. The first kappa shape index (κ1) is 17.4. The zero-order valence-electron chi connectivity index (χ0n) is 13.7. The maximum atomic E-state index is 12.1. The zero-order chi connectivity index (χ0) is 16.7. The van der Waals surface area contributed by atoms with Gasteiger partial charge in [0.15, 0.2) is 0 Å². The molecule has 2 amide bonds. The lowest BCUT2D eigenvalue weighted by Gasteiger charge is -2.31. The summed E-state index contributed by atoms with van der Waals surface area (Å²) in [6, 6.07) is 10.3. The monoisotopic (exact) mass is 318 g/mol. The molecule has 126 valence electrons. The minimum absolute atomic E-state index is 0.0526. The Bertz CT molecular complexity index is 513. The molecule has 1 aromatic rings. The van der Waals surface area contributed by atoms with E-state index >= 15 is 0 Å². The van der Waals surface area contributed by atoms with Gasteiger partial charge in [-0.1, -0.05) is 30.3 Å². The number of hydrogen-bond donors (Lipinski definition) is 2. The Hall–Kier alpha value is -1.92. The first-order valence-corrected chi connectivity index (χ1v) is 8.05. The molecule has 0 bridgehead atoms. The van der Waals surface area contributed by atoms with Crippen molar-refractivity contribution in [2.75, 3.05) is 33.2 Å². The molecule has 0 spiro atoms. The molecule has 1 fully saturated rings. The van der Waals surface area contributed by atoms with Crippen molar-refractivity contribution in [2.24, 2.45) is 5.73 Å². The lowest BCUT2D eigenvalue weighted by atomic mass is 10.0. The van der Waals surface area contributed by atoms with Gasteiger partial charge in [0, 0.05) is 25.7 Å². The van der Waals surface area contributed by atoms with Crippen molar-refractivity contribution in [1.29, 1.82) is 0 Å². The SMILES string of the molecule is CN(CC(=O)NC1CCN(CC(N)=O)CC1)Cc1ccccc1. The third kappa shape index (κ3) is 6.38. The van der Waals surface area contributed by atoms with E-state index in [2.05, 4.69) is 17.4 Å². The Morgan fingerprint density at radius 3 is 2.52 bits per heavy atom. The van der Waals surface area contributed by atoms with Crippen LogP contribution >= 0.6 is 0 Å². The van der Waals surface area contributed by atoms with Gasteiger partial charge in [-0.2, -0.15) is 0 Å². The molecule has 1 aliphatic rings. The molecule has 1 aliphatic heterocycles. The molecular formula is C17H26N4O2. The van der Waals surface area contributed by atoms with E-state index in [0.717, 1.165) is 32.5 Å². The van der Waals surface area contributed by atoms with Gasteiger partial charge in [-0.15, -0.1) is 0 Å². The Labute approximate surface area is 137 Å². The predicted molar refractivity (Wildman–Crippen MR) is 89.6 cm³/mol. The summed E-state index contributed by atoms with van der Waals surface area (Å²) in [4.78, 5) is 27.1. The van der Waals surface area contributed by atoms with Crippen molar-refractivity contribution >= 4 is 11.8 Å². The summed E-state index contributed by atoms with van der Waals surface area (Å²) >= 11 is 0. The molecule has 6 heteroatoms. The van der Waals surface area contributed by atoms with Gasteiger partial charge in [-0.25, -0.2) is 0 Å². The molecule has 1 saturated heterocycles. The van der Waals surface area contributed by atoms with Crippen molar-refractivity contribution in [3.05, 3.63) is 35.9 Å². The van der Waals surface area contributed by atoms with Crippen LogP contribution < -0.4 is 11.1 Å². The van der Waals surface area contributed by atoms with Crippen LogP contribution in [0.15, 0.2) is 30.3 Å². The van der Waals surface area contributed by atoms with Crippen LogP contribution in [0.25, 0.3) is 0 Å². The van der Waals surface area contributed by atoms with Crippen LogP contribution in [0.4, 0.5) is 0 Å². The average Bonchev–Trinajstić information content (AvgIpc) is 2.49. The third-order valence-electron chi connectivity index (χ3n) is 4.04. The predicted octanol–water partition coefficient (Wildman–Crippen LogP) is 0.184. The maximum Gasteiger partial charge on any atom is 0.234 e. The van der Waals surface area contributed by atoms with Gasteiger partial charge in [0.2, 0.25) is 11.8 Å². The summed E-state index contributed by atoms with van der Waals surface area (Å²) in [6.07, 6.45) is 1.73. The quantitative estimate of drug-likeness (QED) is 0.752. The number of likely N-dealkylation sites (N-methyl/N-ethyl adjacent to an activating group) is 1. The summed E-state index contributed by atoms with van der Waals surface area (Å²) in [7, 11) is 1.95. The van der Waals surface area contributed by atoms with Crippen molar-refractivity contribution in [3.8, 4) is 0 Å². The van der Waals surface area contributed by atoms with E-state index in [1.165, 1.54) is 5.56 Å². The number of hydrogen-bond acceptors (Lipinski definition) is 4. The number of likely N-dealkylation sites (tertiary alicyclic amines) is 1. The minimum atomic E-state index is -0.296. The lowest BCUT2D eigenvalue weighted by molar-refractivity contribution is -0.123. The Balaban J connectivity index is 1.68. The molecule has 0 unspecified atom stereocenters. The largest absolute Gasteiger partial charge is 0.369 e. The van der Waals surface area contributed by atoms with Crippen LogP contribution in [0.2, 0.25) is 0 Å². The van der Waals surface area contributed by atoms with Gasteiger partial charge in [-0.3, -0.25) is 19.4 Å². The number of nitrogens with two attached hydrogens (primary N) is 1. The Morgan fingerprint density at radius 2 is 1.91 bits per heavy atom. The molecule has 0 radical (unpaired) electrons. The van der Waals surface area contributed by atoms with E-state index < -0.39 is 0 Å². The fourth-order valence-electron chi connectivity index (χ4n) is 2.93. The number of benzene rings is 1. The second-order valence-electron chi connectivity index (χ2n) is 6.24. The summed E-state index contributed by atoms with van der Waals surface area (Å²) in [5.41, 5.74) is 6.40. The second kappa shape index (κ2) is 8.64. The fourth-order valence-corrected chi connectivity index (χ4v) is 2.93. The van der Waals surface area contributed by atoms with Crippen LogP contribution in [0.3, 0.4) is 0 Å². The maximum absolute atomic E-state index is 12.1. The molecule has 23 heavy (non-hydrogen) atoms. The van der Waals surface area contributed by atoms with E-state index in [9.17, 15) is 9.59 Å². The van der Waals surface area contributed by atoms with E-state index in [1.807, 2.05) is 35.0 Å². The lowest BCUT2D eigenvalue weighted by Crippen LogP contribution is -2.48. The first-order chi connectivity index (χ1) is 11.0. The number of nitrogens with one attached hydrogen (secondary N) is 1. The number of carbonyl (C=O) groups excluding carboxylic acids is 2. The van der Waals surface area contributed by atoms with Crippen LogP contribution in [-0.2, 0) is 16.1 Å². The number of amides is 2. The molecule has 0 aromatic heterocycles. The van der Waals surface area contributed by atoms with Crippen molar-refractivity contribution < 1.29 is 9.59 Å². The molecule has 6 nitrogen and oxygen atoms in total. The highest BCUT2D eigenvalue weighted by atomic mass is 16.2. The molecular weight excluding hydrogens is 292 g/mol. The standard InChI is InChI=1S/C17H26N4O2/c1-20(11-14-5-3-2-4-6-14)13-17(23)19-15-7-9-21(10-8-15)12-16(18)22/h2-6,15H,7-13H2,1H3,(H2,18,22)(H,19,23). The highest BCUT2D eigenvalue weighted by molar-refractivity contribution is 5.78. The molecule has 1 aromatic carbocycles. The highest BCUT2D eigenvalue weighted by Gasteiger charge is 2.21. The highest BCUT2D eigenvalue weighted by Crippen LogP contribution is 2.10. The summed E-state index contributed by atoms with van der Waals surface area (Å²) in [5, 5.41) is 3.09. The van der Waals surface area contributed by atoms with Crippen LogP contribution in [0.1, 0.15) is 18.4 Å². The summed E-state index contributed by atoms with van der Waals surface area (Å²) in [6.45, 7) is 3.05. The van der Waals surface area contributed by atoms with Crippen molar-refractivity contribution in [1.82, 2.24) is 15.1 Å². The van der Waals surface area contributed by atoms with Crippen molar-refractivity contribution in [3.63, 3.8) is 0 Å². The van der Waals surface area contributed by atoms with Crippen LogP contribution in [0, 0.1) is 0 Å². The summed E-state index contributed by atoms with van der Waals surface area (Å²) < 4.78 is 0. The molecule has 0 aliphatic carbocycles. The Kier molecular flexibility index (Phi) is 6.55. The average molecular weight is 318 g/mol. The third-order valence-corrected chi connectivity index (χ3v) is 4.04. The second-order valence-corrected chi connectivity index (χ2v) is 6.24. The van der Waals surface area contributed by atoms with Gasteiger partial charge in [0.1, 0.15) is 0 Å². The molecule has 3 N–H and O–H groups in total.